The molecule has 0 saturated heterocycles. The molecule has 0 bridgehead atoms. The molecule has 0 aliphatic carbocycles. The van der Waals surface area contributed by atoms with Gasteiger partial charge in [-0.3, -0.25) is 0 Å². The zero-order valence-electron chi connectivity index (χ0n) is 7.11. The predicted octanol–water partition coefficient (Wildman–Crippen LogP) is 0.987. The average molecular weight is 193 g/mol. The number of carboxylic acid groups (broad SMARTS) is 1. The molecule has 1 aliphatic heterocycles. The van der Waals surface area contributed by atoms with E-state index in [1.54, 1.807) is 12.1 Å². The topological polar surface area (TPSA) is 75.6 Å². The molecule has 0 unspecified atom stereocenters. The van der Waals surface area contributed by atoms with Crippen LogP contribution in [0.4, 0.5) is 4.79 Å². The van der Waals surface area contributed by atoms with Gasteiger partial charge in [-0.15, -0.1) is 0 Å². The number of benzene rings is 1. The Labute approximate surface area is 79.3 Å². The molecule has 5 nitrogen and oxygen atoms in total. The minimum Gasteiger partial charge on any atom is -0.478 e. The molecule has 1 aliphatic rings. The molecular formula is C9H7NO4. The van der Waals surface area contributed by atoms with Crippen molar-refractivity contribution in [3.8, 4) is 5.75 Å². The summed E-state index contributed by atoms with van der Waals surface area (Å²) in [6, 6.07) is 4.73. The van der Waals surface area contributed by atoms with E-state index >= 15 is 0 Å². The highest BCUT2D eigenvalue weighted by atomic mass is 16.6. The van der Waals surface area contributed by atoms with Gasteiger partial charge in [0.05, 0.1) is 0 Å². The van der Waals surface area contributed by atoms with Crippen LogP contribution in [0.15, 0.2) is 18.2 Å². The van der Waals surface area contributed by atoms with Crippen molar-refractivity contribution in [2.45, 2.75) is 6.54 Å². The van der Waals surface area contributed by atoms with Gasteiger partial charge in [0.25, 0.3) is 0 Å². The largest absolute Gasteiger partial charge is 0.478 e. The first-order valence-electron chi connectivity index (χ1n) is 3.99. The fourth-order valence-electron chi connectivity index (χ4n) is 1.31. The van der Waals surface area contributed by atoms with Crippen molar-refractivity contribution < 1.29 is 19.4 Å². The molecule has 0 saturated carbocycles. The zero-order chi connectivity index (χ0) is 10.1. The first-order chi connectivity index (χ1) is 6.68. The monoisotopic (exact) mass is 193 g/mol. The molecule has 2 rings (SSSR count). The second-order valence-corrected chi connectivity index (χ2v) is 2.84. The molecule has 1 heterocycles. The van der Waals surface area contributed by atoms with Gasteiger partial charge in [-0.1, -0.05) is 12.1 Å². The van der Waals surface area contributed by atoms with Crippen molar-refractivity contribution in [2.24, 2.45) is 0 Å². The Bertz CT molecular complexity index is 413. The standard InChI is InChI=1S/C9H7NO4/c11-8(12)6-3-1-2-5-4-10-9(13)14-7(5)6/h1-3H,4H2,(H,10,13)(H,11,12). The highest BCUT2D eigenvalue weighted by molar-refractivity contribution is 5.93. The molecule has 0 radical (unpaired) electrons. The number of para-hydroxylation sites is 1. The van der Waals surface area contributed by atoms with Crippen LogP contribution in [0.5, 0.6) is 5.75 Å². The van der Waals surface area contributed by atoms with Crippen LogP contribution in [0.25, 0.3) is 0 Å². The fourth-order valence-corrected chi connectivity index (χ4v) is 1.31. The van der Waals surface area contributed by atoms with Gasteiger partial charge in [-0.25, -0.2) is 9.59 Å². The van der Waals surface area contributed by atoms with E-state index in [1.165, 1.54) is 6.07 Å². The van der Waals surface area contributed by atoms with Gasteiger partial charge in [0.1, 0.15) is 5.56 Å². The number of carbonyl (C=O) groups is 2. The van der Waals surface area contributed by atoms with Gasteiger partial charge in [0.15, 0.2) is 5.75 Å². The lowest BCUT2D eigenvalue weighted by molar-refractivity contribution is 0.0693. The summed E-state index contributed by atoms with van der Waals surface area (Å²) >= 11 is 0. The summed E-state index contributed by atoms with van der Waals surface area (Å²) < 4.78 is 4.79. The summed E-state index contributed by atoms with van der Waals surface area (Å²) in [7, 11) is 0. The van der Waals surface area contributed by atoms with Crippen LogP contribution >= 0.6 is 0 Å². The van der Waals surface area contributed by atoms with Crippen LogP contribution in [0.2, 0.25) is 0 Å². The normalized spacial score (nSPS) is 13.9. The first-order valence-corrected chi connectivity index (χ1v) is 3.99. The molecule has 14 heavy (non-hydrogen) atoms. The third-order valence-corrected chi connectivity index (χ3v) is 1.94. The van der Waals surface area contributed by atoms with Crippen molar-refractivity contribution >= 4 is 12.1 Å². The molecular weight excluding hydrogens is 186 g/mol. The Morgan fingerprint density at radius 2 is 2.29 bits per heavy atom. The first kappa shape index (κ1) is 8.55. The number of hydrogen-bond acceptors (Lipinski definition) is 3. The molecule has 0 fully saturated rings. The average Bonchev–Trinajstić information content (AvgIpc) is 2.16. The van der Waals surface area contributed by atoms with E-state index in [2.05, 4.69) is 5.32 Å². The number of fused-ring (bicyclic) bond motifs is 1. The number of carbonyl (C=O) groups excluding carboxylic acids is 1. The van der Waals surface area contributed by atoms with Gasteiger partial charge in [0.2, 0.25) is 0 Å². The number of carboxylic acids is 1. The molecule has 2 N–H and O–H groups in total. The van der Waals surface area contributed by atoms with E-state index in [0.29, 0.717) is 12.1 Å². The number of hydrogen-bond donors (Lipinski definition) is 2. The highest BCUT2D eigenvalue weighted by Crippen LogP contribution is 2.26. The molecule has 0 atom stereocenters. The Hall–Kier alpha value is -2.04. The van der Waals surface area contributed by atoms with Gasteiger partial charge < -0.3 is 15.2 Å². The maximum absolute atomic E-state index is 10.9. The van der Waals surface area contributed by atoms with Crippen LogP contribution in [0.1, 0.15) is 15.9 Å². The minimum absolute atomic E-state index is 0.0114. The predicted molar refractivity (Wildman–Crippen MR) is 46.3 cm³/mol. The lowest BCUT2D eigenvalue weighted by atomic mass is 10.1. The van der Waals surface area contributed by atoms with Crippen molar-refractivity contribution in [3.63, 3.8) is 0 Å². The number of aromatic carboxylic acids is 1. The molecule has 0 spiro atoms. The van der Waals surface area contributed by atoms with Crippen molar-refractivity contribution in [3.05, 3.63) is 29.3 Å². The molecule has 1 amide bonds. The Kier molecular flexibility index (Phi) is 1.85. The smallest absolute Gasteiger partial charge is 0.412 e. The Morgan fingerprint density at radius 3 is 3.00 bits per heavy atom. The van der Waals surface area contributed by atoms with Gasteiger partial charge >= 0.3 is 12.1 Å². The summed E-state index contributed by atoms with van der Waals surface area (Å²) in [6.45, 7) is 0.301. The molecule has 0 aromatic heterocycles. The fraction of sp³-hybridized carbons (Fsp3) is 0.111. The van der Waals surface area contributed by atoms with Gasteiger partial charge in [-0.2, -0.15) is 0 Å². The van der Waals surface area contributed by atoms with Gasteiger partial charge in [0, 0.05) is 12.1 Å². The molecule has 72 valence electrons. The second-order valence-electron chi connectivity index (χ2n) is 2.84. The van der Waals surface area contributed by atoms with Crippen LogP contribution in [0.3, 0.4) is 0 Å². The maximum Gasteiger partial charge on any atom is 0.412 e. The number of ether oxygens (including phenoxy) is 1. The SMILES string of the molecule is O=C1NCc2cccc(C(=O)O)c2O1. The summed E-state index contributed by atoms with van der Waals surface area (Å²) in [5.74, 6) is -0.958. The van der Waals surface area contributed by atoms with E-state index in [-0.39, 0.29) is 11.3 Å². The maximum atomic E-state index is 10.9. The van der Waals surface area contributed by atoms with Crippen molar-refractivity contribution in [1.82, 2.24) is 5.32 Å². The lowest BCUT2D eigenvalue weighted by Gasteiger charge is -2.17. The summed E-state index contributed by atoms with van der Waals surface area (Å²) in [5, 5.41) is 11.3. The molecule has 1 aromatic rings. The number of amides is 1. The summed E-state index contributed by atoms with van der Waals surface area (Å²) in [6.07, 6.45) is -0.619. The number of nitrogens with one attached hydrogen (secondary N) is 1. The van der Waals surface area contributed by atoms with Crippen LogP contribution in [-0.4, -0.2) is 17.2 Å². The number of rotatable bonds is 1. The summed E-state index contributed by atoms with van der Waals surface area (Å²) in [5.41, 5.74) is 0.682. The Balaban J connectivity index is 2.54. The van der Waals surface area contributed by atoms with E-state index < -0.39 is 12.1 Å². The van der Waals surface area contributed by atoms with Crippen molar-refractivity contribution in [1.29, 1.82) is 0 Å². The lowest BCUT2D eigenvalue weighted by Crippen LogP contribution is -2.32. The summed E-state index contributed by atoms with van der Waals surface area (Å²) in [4.78, 5) is 21.6. The molecule has 1 aromatic carbocycles. The highest BCUT2D eigenvalue weighted by Gasteiger charge is 2.22. The Morgan fingerprint density at radius 1 is 1.50 bits per heavy atom. The van der Waals surface area contributed by atoms with E-state index in [1.807, 2.05) is 0 Å². The third kappa shape index (κ3) is 1.28. The van der Waals surface area contributed by atoms with Crippen LogP contribution < -0.4 is 10.1 Å². The molecule has 5 heteroatoms. The van der Waals surface area contributed by atoms with Gasteiger partial charge in [-0.05, 0) is 6.07 Å². The van der Waals surface area contributed by atoms with Crippen molar-refractivity contribution in [2.75, 3.05) is 0 Å². The van der Waals surface area contributed by atoms with E-state index in [0.717, 1.165) is 0 Å². The van der Waals surface area contributed by atoms with Crippen LogP contribution in [-0.2, 0) is 6.54 Å². The van der Waals surface area contributed by atoms with E-state index in [9.17, 15) is 9.59 Å². The van der Waals surface area contributed by atoms with E-state index in [4.69, 9.17) is 9.84 Å². The quantitative estimate of drug-likeness (QED) is 0.697. The second kappa shape index (κ2) is 3.02. The zero-order valence-corrected chi connectivity index (χ0v) is 7.11. The minimum atomic E-state index is -1.10. The van der Waals surface area contributed by atoms with Crippen LogP contribution in [0, 0.1) is 0 Å². The third-order valence-electron chi connectivity index (χ3n) is 1.94.